The number of nitrogens with one attached hydrogen (secondary N) is 1. The van der Waals surface area contributed by atoms with Crippen LogP contribution in [0.5, 0.6) is 0 Å². The van der Waals surface area contributed by atoms with E-state index in [0.29, 0.717) is 17.8 Å². The number of H-pyrrole nitrogens is 1. The van der Waals surface area contributed by atoms with Crippen LogP contribution < -0.4 is 5.56 Å². The molecule has 1 saturated heterocycles. The van der Waals surface area contributed by atoms with Crippen molar-refractivity contribution in [3.05, 3.63) is 40.4 Å². The lowest BCUT2D eigenvalue weighted by atomic mass is 9.93. The Labute approximate surface area is 123 Å². The lowest BCUT2D eigenvalue weighted by Gasteiger charge is -2.30. The van der Waals surface area contributed by atoms with Crippen molar-refractivity contribution in [2.75, 3.05) is 13.1 Å². The van der Waals surface area contributed by atoms with Crippen LogP contribution in [0.4, 0.5) is 0 Å². The Kier molecular flexibility index (Phi) is 3.84. The molecule has 1 aromatic heterocycles. The van der Waals surface area contributed by atoms with Crippen molar-refractivity contribution in [1.82, 2.24) is 14.9 Å². The first-order valence-corrected chi connectivity index (χ1v) is 7.34. The number of nitrogens with zero attached hydrogens (tertiary/aromatic N) is 2. The number of ketones is 1. The van der Waals surface area contributed by atoms with E-state index in [-0.39, 0.29) is 17.3 Å². The molecule has 1 aromatic carbocycles. The van der Waals surface area contributed by atoms with E-state index in [1.54, 1.807) is 13.0 Å². The van der Waals surface area contributed by atoms with Gasteiger partial charge in [-0.3, -0.25) is 14.5 Å². The summed E-state index contributed by atoms with van der Waals surface area (Å²) in [4.78, 5) is 33.0. The molecule has 5 nitrogen and oxygen atoms in total. The summed E-state index contributed by atoms with van der Waals surface area (Å²) in [5.74, 6) is 1.18. The number of fused-ring (bicyclic) bond motifs is 1. The molecular weight excluding hydrogens is 266 g/mol. The minimum atomic E-state index is -0.0887. The third-order valence-corrected chi connectivity index (χ3v) is 4.20. The Morgan fingerprint density at radius 1 is 1.33 bits per heavy atom. The van der Waals surface area contributed by atoms with Gasteiger partial charge in [0.2, 0.25) is 0 Å². The third-order valence-electron chi connectivity index (χ3n) is 4.20. The van der Waals surface area contributed by atoms with E-state index >= 15 is 0 Å². The summed E-state index contributed by atoms with van der Waals surface area (Å²) in [5.41, 5.74) is 0.643. The van der Waals surface area contributed by atoms with Crippen LogP contribution in [0, 0.1) is 5.92 Å². The predicted octanol–water partition coefficient (Wildman–Crippen LogP) is 1.72. The van der Waals surface area contributed by atoms with Crippen LogP contribution in [0.1, 0.15) is 25.6 Å². The molecule has 3 rings (SSSR count). The summed E-state index contributed by atoms with van der Waals surface area (Å²) < 4.78 is 0. The first-order chi connectivity index (χ1) is 10.1. The zero-order chi connectivity index (χ0) is 14.8. The van der Waals surface area contributed by atoms with Gasteiger partial charge in [-0.1, -0.05) is 12.1 Å². The smallest absolute Gasteiger partial charge is 0.258 e. The van der Waals surface area contributed by atoms with Crippen LogP contribution in [0.3, 0.4) is 0 Å². The fourth-order valence-electron chi connectivity index (χ4n) is 2.92. The first kappa shape index (κ1) is 13.9. The average molecular weight is 285 g/mol. The standard InChI is InChI=1S/C16H19N3O2/c1-11(20)12-6-8-19(9-7-12)10-15-17-14-5-3-2-4-13(14)16(21)18-15/h2-5,12H,6-10H2,1H3,(H,17,18,21). The zero-order valence-corrected chi connectivity index (χ0v) is 12.1. The monoisotopic (exact) mass is 285 g/mol. The molecule has 0 amide bonds. The molecule has 21 heavy (non-hydrogen) atoms. The number of Topliss-reactive ketones (excluding diaryl/α,β-unsaturated/α-hetero) is 1. The molecule has 1 N–H and O–H groups in total. The Balaban J connectivity index is 1.74. The SMILES string of the molecule is CC(=O)C1CCN(Cc2nc3ccccc3c(=O)[nH]2)CC1. The van der Waals surface area contributed by atoms with E-state index in [2.05, 4.69) is 14.9 Å². The second kappa shape index (κ2) is 5.77. The van der Waals surface area contributed by atoms with Gasteiger partial charge in [-0.25, -0.2) is 4.98 Å². The molecule has 0 aliphatic carbocycles. The highest BCUT2D eigenvalue weighted by Gasteiger charge is 2.22. The summed E-state index contributed by atoms with van der Waals surface area (Å²) >= 11 is 0. The maximum Gasteiger partial charge on any atom is 0.258 e. The highest BCUT2D eigenvalue weighted by atomic mass is 16.1. The number of hydrogen-bond donors (Lipinski definition) is 1. The molecule has 1 aliphatic heterocycles. The van der Waals surface area contributed by atoms with Gasteiger partial charge in [-0.2, -0.15) is 0 Å². The lowest BCUT2D eigenvalue weighted by Crippen LogP contribution is -2.36. The molecule has 0 spiro atoms. The highest BCUT2D eigenvalue weighted by Crippen LogP contribution is 2.19. The molecule has 2 aromatic rings. The second-order valence-corrected chi connectivity index (χ2v) is 5.69. The number of para-hydroxylation sites is 1. The van der Waals surface area contributed by atoms with Crippen LogP contribution in [-0.2, 0) is 11.3 Å². The molecule has 110 valence electrons. The highest BCUT2D eigenvalue weighted by molar-refractivity contribution is 5.78. The Hall–Kier alpha value is -2.01. The van der Waals surface area contributed by atoms with Crippen LogP contribution >= 0.6 is 0 Å². The quantitative estimate of drug-likeness (QED) is 0.932. The number of carbonyl (C=O) groups is 1. The number of likely N-dealkylation sites (tertiary alicyclic amines) is 1. The average Bonchev–Trinajstić information content (AvgIpc) is 2.48. The molecule has 0 radical (unpaired) electrons. The minimum absolute atomic E-state index is 0.0887. The molecule has 5 heteroatoms. The molecule has 0 unspecified atom stereocenters. The van der Waals surface area contributed by atoms with E-state index in [0.717, 1.165) is 31.4 Å². The number of carbonyl (C=O) groups excluding carboxylic acids is 1. The first-order valence-electron chi connectivity index (χ1n) is 7.34. The van der Waals surface area contributed by atoms with E-state index in [9.17, 15) is 9.59 Å². The van der Waals surface area contributed by atoms with Crippen molar-refractivity contribution in [3.8, 4) is 0 Å². The number of piperidine rings is 1. The predicted molar refractivity (Wildman–Crippen MR) is 81.0 cm³/mol. The molecule has 0 atom stereocenters. The number of aromatic nitrogens is 2. The minimum Gasteiger partial charge on any atom is -0.309 e. The summed E-state index contributed by atoms with van der Waals surface area (Å²) in [7, 11) is 0. The zero-order valence-electron chi connectivity index (χ0n) is 12.1. The Morgan fingerprint density at radius 2 is 2.05 bits per heavy atom. The third kappa shape index (κ3) is 3.03. The van der Waals surface area contributed by atoms with Gasteiger partial charge in [0.05, 0.1) is 17.4 Å². The van der Waals surface area contributed by atoms with Crippen LogP contribution in [-0.4, -0.2) is 33.7 Å². The van der Waals surface area contributed by atoms with E-state index < -0.39 is 0 Å². The molecule has 1 fully saturated rings. The van der Waals surface area contributed by atoms with Crippen LogP contribution in [0.25, 0.3) is 10.9 Å². The van der Waals surface area contributed by atoms with Gasteiger partial charge in [0, 0.05) is 5.92 Å². The van der Waals surface area contributed by atoms with Crippen molar-refractivity contribution in [1.29, 1.82) is 0 Å². The number of rotatable bonds is 3. The molecular formula is C16H19N3O2. The normalized spacial score (nSPS) is 17.2. The maximum absolute atomic E-state index is 12.0. The van der Waals surface area contributed by atoms with Gasteiger partial charge in [-0.05, 0) is 45.0 Å². The molecule has 1 aliphatic rings. The van der Waals surface area contributed by atoms with Gasteiger partial charge in [0.15, 0.2) is 0 Å². The second-order valence-electron chi connectivity index (χ2n) is 5.69. The van der Waals surface area contributed by atoms with Gasteiger partial charge in [0.1, 0.15) is 11.6 Å². The molecule has 2 heterocycles. The summed E-state index contributed by atoms with van der Waals surface area (Å²) in [5, 5.41) is 0.622. The van der Waals surface area contributed by atoms with Crippen molar-refractivity contribution in [2.45, 2.75) is 26.3 Å². The summed E-state index contributed by atoms with van der Waals surface area (Å²) in [6.07, 6.45) is 1.79. The topological polar surface area (TPSA) is 66.1 Å². The number of benzene rings is 1. The van der Waals surface area contributed by atoms with Gasteiger partial charge >= 0.3 is 0 Å². The fourth-order valence-corrected chi connectivity index (χ4v) is 2.92. The van der Waals surface area contributed by atoms with Crippen molar-refractivity contribution < 1.29 is 4.79 Å². The van der Waals surface area contributed by atoms with Crippen molar-refractivity contribution in [3.63, 3.8) is 0 Å². The van der Waals surface area contributed by atoms with Crippen molar-refractivity contribution >= 4 is 16.7 Å². The summed E-state index contributed by atoms with van der Waals surface area (Å²) in [6, 6.07) is 7.36. The van der Waals surface area contributed by atoms with E-state index in [1.807, 2.05) is 18.2 Å². The van der Waals surface area contributed by atoms with Crippen LogP contribution in [0.2, 0.25) is 0 Å². The van der Waals surface area contributed by atoms with Gasteiger partial charge < -0.3 is 4.98 Å². The Morgan fingerprint density at radius 3 is 2.76 bits per heavy atom. The number of hydrogen-bond acceptors (Lipinski definition) is 4. The molecule has 0 saturated carbocycles. The largest absolute Gasteiger partial charge is 0.309 e. The van der Waals surface area contributed by atoms with Crippen molar-refractivity contribution in [2.24, 2.45) is 5.92 Å². The summed E-state index contributed by atoms with van der Waals surface area (Å²) in [6.45, 7) is 4.05. The van der Waals surface area contributed by atoms with Crippen LogP contribution in [0.15, 0.2) is 29.1 Å². The molecule has 0 bridgehead atoms. The van der Waals surface area contributed by atoms with E-state index in [4.69, 9.17) is 0 Å². The maximum atomic E-state index is 12.0. The van der Waals surface area contributed by atoms with Gasteiger partial charge in [-0.15, -0.1) is 0 Å². The van der Waals surface area contributed by atoms with Gasteiger partial charge in [0.25, 0.3) is 5.56 Å². The Bertz CT molecular complexity index is 715. The fraction of sp³-hybridized carbons (Fsp3) is 0.438. The lowest BCUT2D eigenvalue weighted by molar-refractivity contribution is -0.122. The number of aromatic amines is 1. The van der Waals surface area contributed by atoms with E-state index in [1.165, 1.54) is 0 Å².